The highest BCUT2D eigenvalue weighted by molar-refractivity contribution is 5.52. The minimum atomic E-state index is 0.357. The van der Waals surface area contributed by atoms with Gasteiger partial charge in [0, 0.05) is 17.1 Å². The van der Waals surface area contributed by atoms with Gasteiger partial charge in [-0.2, -0.15) is 0 Å². The molecular weight excluding hydrogens is 220 g/mol. The highest BCUT2D eigenvalue weighted by atomic mass is 14.9. The van der Waals surface area contributed by atoms with Gasteiger partial charge in [-0.1, -0.05) is 44.7 Å². The van der Waals surface area contributed by atoms with Gasteiger partial charge in [0.15, 0.2) is 0 Å². The van der Waals surface area contributed by atoms with Crippen molar-refractivity contribution in [2.45, 2.75) is 20.8 Å². The van der Waals surface area contributed by atoms with Gasteiger partial charge in [-0.3, -0.25) is 0 Å². The summed E-state index contributed by atoms with van der Waals surface area (Å²) in [6, 6.07) is 10.1. The molecule has 2 heteroatoms. The van der Waals surface area contributed by atoms with Crippen molar-refractivity contribution >= 4 is 5.69 Å². The first-order valence-electron chi connectivity index (χ1n) is 6.19. The molecule has 2 nitrogen and oxygen atoms in total. The Labute approximate surface area is 110 Å². The maximum atomic E-state index is 5.82. The molecule has 0 heterocycles. The largest absolute Gasteiger partial charge is 0.399 e. The molecular formula is C16H22N2. The highest BCUT2D eigenvalue weighted by Crippen LogP contribution is 2.18. The van der Waals surface area contributed by atoms with Crippen LogP contribution in [0.5, 0.6) is 0 Å². The Balaban J connectivity index is 2.92. The zero-order valence-corrected chi connectivity index (χ0v) is 11.4. The molecule has 0 saturated heterocycles. The lowest BCUT2D eigenvalue weighted by Gasteiger charge is -2.13. The first kappa shape index (κ1) is 14.1. The SMILES string of the molecule is C=C(N)/C(=C\C(=C/C)Nc1ccccc1)C(C)C. The number of para-hydroxylation sites is 1. The fourth-order valence-electron chi connectivity index (χ4n) is 1.68. The van der Waals surface area contributed by atoms with E-state index in [9.17, 15) is 0 Å². The molecule has 1 rings (SSSR count). The van der Waals surface area contributed by atoms with Crippen LogP contribution in [0.4, 0.5) is 5.69 Å². The Bertz CT molecular complexity index is 453. The fraction of sp³-hybridized carbons (Fsp3) is 0.250. The van der Waals surface area contributed by atoms with Gasteiger partial charge >= 0.3 is 0 Å². The van der Waals surface area contributed by atoms with Crippen LogP contribution in [0.15, 0.2) is 66.0 Å². The molecule has 18 heavy (non-hydrogen) atoms. The van der Waals surface area contributed by atoms with Gasteiger partial charge in [0.25, 0.3) is 0 Å². The summed E-state index contributed by atoms with van der Waals surface area (Å²) in [6.45, 7) is 10.0. The second kappa shape index (κ2) is 6.70. The summed E-state index contributed by atoms with van der Waals surface area (Å²) < 4.78 is 0. The number of benzene rings is 1. The van der Waals surface area contributed by atoms with E-state index in [1.165, 1.54) is 0 Å². The summed E-state index contributed by atoms with van der Waals surface area (Å²) >= 11 is 0. The van der Waals surface area contributed by atoms with Gasteiger partial charge < -0.3 is 11.1 Å². The number of hydrogen-bond acceptors (Lipinski definition) is 2. The zero-order chi connectivity index (χ0) is 13.5. The molecule has 1 aromatic carbocycles. The normalized spacial score (nSPS) is 12.7. The molecule has 0 aliphatic heterocycles. The molecule has 0 atom stereocenters. The Morgan fingerprint density at radius 3 is 2.33 bits per heavy atom. The molecule has 0 unspecified atom stereocenters. The number of hydrogen-bond donors (Lipinski definition) is 2. The molecule has 3 N–H and O–H groups in total. The molecule has 0 amide bonds. The molecule has 1 aromatic rings. The Hall–Kier alpha value is -1.96. The summed E-state index contributed by atoms with van der Waals surface area (Å²) in [5.41, 5.74) is 9.59. The van der Waals surface area contributed by atoms with Crippen molar-refractivity contribution in [2.24, 2.45) is 11.7 Å². The van der Waals surface area contributed by atoms with E-state index in [0.717, 1.165) is 17.0 Å². The third-order valence-electron chi connectivity index (χ3n) is 2.68. The van der Waals surface area contributed by atoms with Crippen LogP contribution in [0.2, 0.25) is 0 Å². The first-order valence-corrected chi connectivity index (χ1v) is 6.19. The van der Waals surface area contributed by atoms with Gasteiger partial charge in [0.2, 0.25) is 0 Å². The number of nitrogens with two attached hydrogens (primary N) is 1. The Morgan fingerprint density at radius 2 is 1.89 bits per heavy atom. The van der Waals surface area contributed by atoms with Crippen LogP contribution in [0.25, 0.3) is 0 Å². The van der Waals surface area contributed by atoms with E-state index in [0.29, 0.717) is 11.6 Å². The Morgan fingerprint density at radius 1 is 1.28 bits per heavy atom. The maximum absolute atomic E-state index is 5.82. The molecule has 96 valence electrons. The highest BCUT2D eigenvalue weighted by Gasteiger charge is 2.05. The Kier molecular flexibility index (Phi) is 5.25. The summed E-state index contributed by atoms with van der Waals surface area (Å²) in [6.07, 6.45) is 4.08. The summed E-state index contributed by atoms with van der Waals surface area (Å²) in [7, 11) is 0. The monoisotopic (exact) mass is 242 g/mol. The molecule has 0 bridgehead atoms. The fourth-order valence-corrected chi connectivity index (χ4v) is 1.68. The van der Waals surface area contributed by atoms with E-state index in [-0.39, 0.29) is 0 Å². The van der Waals surface area contributed by atoms with Crippen LogP contribution < -0.4 is 11.1 Å². The molecule has 0 fully saturated rings. The average molecular weight is 242 g/mol. The molecule has 0 aliphatic rings. The summed E-state index contributed by atoms with van der Waals surface area (Å²) in [5, 5.41) is 3.36. The van der Waals surface area contributed by atoms with E-state index >= 15 is 0 Å². The third kappa shape index (κ3) is 4.13. The average Bonchev–Trinajstić information content (AvgIpc) is 2.34. The smallest absolute Gasteiger partial charge is 0.0384 e. The molecule has 0 spiro atoms. The lowest BCUT2D eigenvalue weighted by molar-refractivity contribution is 0.774. The van der Waals surface area contributed by atoms with Crippen LogP contribution in [-0.2, 0) is 0 Å². The minimum absolute atomic E-state index is 0.357. The van der Waals surface area contributed by atoms with Gasteiger partial charge in [-0.05, 0) is 36.6 Å². The maximum Gasteiger partial charge on any atom is 0.0384 e. The van der Waals surface area contributed by atoms with Crippen LogP contribution in [0.3, 0.4) is 0 Å². The van der Waals surface area contributed by atoms with Gasteiger partial charge in [-0.15, -0.1) is 0 Å². The summed E-state index contributed by atoms with van der Waals surface area (Å²) in [4.78, 5) is 0. The van der Waals surface area contributed by atoms with Crippen molar-refractivity contribution in [1.29, 1.82) is 0 Å². The zero-order valence-electron chi connectivity index (χ0n) is 11.4. The van der Waals surface area contributed by atoms with Gasteiger partial charge in [0.05, 0.1) is 0 Å². The van der Waals surface area contributed by atoms with Crippen molar-refractivity contribution in [3.63, 3.8) is 0 Å². The van der Waals surface area contributed by atoms with Crippen LogP contribution in [-0.4, -0.2) is 0 Å². The van der Waals surface area contributed by atoms with E-state index in [1.807, 2.05) is 43.3 Å². The quantitative estimate of drug-likeness (QED) is 0.764. The van der Waals surface area contributed by atoms with Gasteiger partial charge in [0.1, 0.15) is 0 Å². The minimum Gasteiger partial charge on any atom is -0.399 e. The molecule has 0 saturated carbocycles. The van der Waals surface area contributed by atoms with Crippen LogP contribution >= 0.6 is 0 Å². The standard InChI is InChI=1S/C16H22N2/c1-5-14(11-16(12(2)3)13(4)17)18-15-9-7-6-8-10-15/h5-12,18H,4,17H2,1-3H3/b14-5+,16-11-. The van der Waals surface area contributed by atoms with E-state index < -0.39 is 0 Å². The van der Waals surface area contributed by atoms with Crippen molar-refractivity contribution < 1.29 is 0 Å². The number of nitrogens with one attached hydrogen (secondary N) is 1. The van der Waals surface area contributed by atoms with Crippen molar-refractivity contribution in [1.82, 2.24) is 0 Å². The van der Waals surface area contributed by atoms with Gasteiger partial charge in [-0.25, -0.2) is 0 Å². The van der Waals surface area contributed by atoms with Crippen LogP contribution in [0, 0.1) is 5.92 Å². The van der Waals surface area contributed by atoms with Crippen LogP contribution in [0.1, 0.15) is 20.8 Å². The molecule has 0 aromatic heterocycles. The second-order valence-corrected chi connectivity index (χ2v) is 4.51. The van der Waals surface area contributed by atoms with Crippen molar-refractivity contribution in [3.05, 3.63) is 66.0 Å². The van der Waals surface area contributed by atoms with E-state index in [1.54, 1.807) is 0 Å². The molecule has 0 radical (unpaired) electrons. The topological polar surface area (TPSA) is 38.0 Å². The van der Waals surface area contributed by atoms with Crippen molar-refractivity contribution in [3.8, 4) is 0 Å². The lowest BCUT2D eigenvalue weighted by atomic mass is 9.99. The van der Waals surface area contributed by atoms with E-state index in [4.69, 9.17) is 5.73 Å². The summed E-state index contributed by atoms with van der Waals surface area (Å²) in [5.74, 6) is 0.357. The first-order chi connectivity index (χ1) is 8.54. The van der Waals surface area contributed by atoms with Crippen molar-refractivity contribution in [2.75, 3.05) is 5.32 Å². The molecule has 0 aliphatic carbocycles. The number of anilines is 1. The number of allylic oxidation sites excluding steroid dienone is 3. The van der Waals surface area contributed by atoms with E-state index in [2.05, 4.69) is 31.8 Å². The number of rotatable bonds is 5. The predicted molar refractivity (Wildman–Crippen MR) is 80.1 cm³/mol. The lowest BCUT2D eigenvalue weighted by Crippen LogP contribution is -2.07. The third-order valence-corrected chi connectivity index (χ3v) is 2.68. The second-order valence-electron chi connectivity index (χ2n) is 4.51. The predicted octanol–water partition coefficient (Wildman–Crippen LogP) is 4.06.